The van der Waals surface area contributed by atoms with Crippen LogP contribution in [-0.4, -0.2) is 30.0 Å². The van der Waals surface area contributed by atoms with Gasteiger partial charge in [-0.25, -0.2) is 4.98 Å². The van der Waals surface area contributed by atoms with Crippen molar-refractivity contribution >= 4 is 11.7 Å². The lowest BCUT2D eigenvalue weighted by molar-refractivity contribution is -0.137. The molecule has 1 amide bonds. The monoisotopic (exact) mass is 389 g/mol. The number of nitrogens with one attached hydrogen (secondary N) is 1. The number of halogens is 3. The molecule has 1 aliphatic heterocycles. The number of nitrogens with zero attached hydrogens (tertiary/aromatic N) is 2. The van der Waals surface area contributed by atoms with Gasteiger partial charge in [-0.3, -0.25) is 4.79 Å². The molecule has 1 N–H and O–H groups in total. The van der Waals surface area contributed by atoms with Gasteiger partial charge in [0.25, 0.3) is 5.91 Å². The van der Waals surface area contributed by atoms with Crippen LogP contribution in [-0.2, 0) is 19.0 Å². The van der Waals surface area contributed by atoms with Crippen molar-refractivity contribution in [2.45, 2.75) is 44.3 Å². The third-order valence-corrected chi connectivity index (χ3v) is 5.59. The summed E-state index contributed by atoms with van der Waals surface area (Å²) in [5, 5.41) is 3.09. The van der Waals surface area contributed by atoms with E-state index in [0.29, 0.717) is 24.5 Å². The topological polar surface area (TPSA) is 45.2 Å². The van der Waals surface area contributed by atoms with Crippen molar-refractivity contribution in [2.75, 3.05) is 18.0 Å². The molecule has 148 valence electrons. The van der Waals surface area contributed by atoms with Crippen LogP contribution in [0.25, 0.3) is 0 Å². The maximum absolute atomic E-state index is 12.7. The van der Waals surface area contributed by atoms with Gasteiger partial charge in [-0.1, -0.05) is 6.07 Å². The molecule has 0 saturated carbocycles. The van der Waals surface area contributed by atoms with Crippen LogP contribution in [0.2, 0.25) is 0 Å². The average Bonchev–Trinajstić information content (AvgIpc) is 3.16. The molecule has 1 fully saturated rings. The van der Waals surface area contributed by atoms with Gasteiger partial charge < -0.3 is 10.2 Å². The van der Waals surface area contributed by atoms with Crippen LogP contribution in [0.4, 0.5) is 19.0 Å². The Balaban J connectivity index is 1.32. The van der Waals surface area contributed by atoms with E-state index in [9.17, 15) is 18.0 Å². The smallest absolute Gasteiger partial charge is 0.356 e. The molecule has 0 atom stereocenters. The van der Waals surface area contributed by atoms with Gasteiger partial charge in [-0.05, 0) is 67.5 Å². The van der Waals surface area contributed by atoms with E-state index in [1.165, 1.54) is 17.2 Å². The first kappa shape index (κ1) is 18.8. The zero-order valence-corrected chi connectivity index (χ0v) is 15.4. The van der Waals surface area contributed by atoms with Crippen LogP contribution in [0.3, 0.4) is 0 Å². The molecule has 7 heteroatoms. The minimum Gasteiger partial charge on any atom is -0.356 e. The Morgan fingerprint density at radius 1 is 1.07 bits per heavy atom. The molecule has 0 bridgehead atoms. The summed E-state index contributed by atoms with van der Waals surface area (Å²) in [7, 11) is 0. The van der Waals surface area contributed by atoms with Gasteiger partial charge in [-0.2, -0.15) is 13.2 Å². The maximum atomic E-state index is 12.7. The molecule has 1 aromatic heterocycles. The van der Waals surface area contributed by atoms with Gasteiger partial charge in [0.05, 0.1) is 5.56 Å². The highest BCUT2D eigenvalue weighted by Crippen LogP contribution is 2.30. The Morgan fingerprint density at radius 2 is 1.82 bits per heavy atom. The summed E-state index contributed by atoms with van der Waals surface area (Å²) in [6.45, 7) is 1.29. The zero-order chi connectivity index (χ0) is 19.7. The van der Waals surface area contributed by atoms with Gasteiger partial charge >= 0.3 is 6.18 Å². The van der Waals surface area contributed by atoms with Crippen LogP contribution in [0, 0.1) is 0 Å². The lowest BCUT2D eigenvalue weighted by Crippen LogP contribution is -2.45. The average molecular weight is 389 g/mol. The highest BCUT2D eigenvalue weighted by Gasteiger charge is 2.31. The van der Waals surface area contributed by atoms with Gasteiger partial charge in [0.1, 0.15) is 5.82 Å². The predicted molar refractivity (Wildman–Crippen MR) is 100 cm³/mol. The second-order valence-electron chi connectivity index (χ2n) is 7.47. The number of hydrogen-bond acceptors (Lipinski definition) is 3. The highest BCUT2D eigenvalue weighted by molar-refractivity contribution is 5.94. The summed E-state index contributed by atoms with van der Waals surface area (Å²) in [6.07, 6.45) is 1.25. The number of benzene rings is 1. The van der Waals surface area contributed by atoms with Crippen molar-refractivity contribution < 1.29 is 18.0 Å². The largest absolute Gasteiger partial charge is 0.417 e. The van der Waals surface area contributed by atoms with Crippen LogP contribution >= 0.6 is 0 Å². The van der Waals surface area contributed by atoms with E-state index in [2.05, 4.69) is 16.4 Å². The van der Waals surface area contributed by atoms with Gasteiger partial charge in [-0.15, -0.1) is 0 Å². The number of aromatic nitrogens is 1. The van der Waals surface area contributed by atoms with Crippen molar-refractivity contribution in [1.29, 1.82) is 0 Å². The van der Waals surface area contributed by atoms with E-state index in [0.717, 1.165) is 44.4 Å². The summed E-state index contributed by atoms with van der Waals surface area (Å²) in [5.41, 5.74) is 2.57. The molecule has 1 saturated heterocycles. The quantitative estimate of drug-likeness (QED) is 0.864. The Morgan fingerprint density at radius 3 is 2.50 bits per heavy atom. The summed E-state index contributed by atoms with van der Waals surface area (Å²) in [5.74, 6) is 0.484. The lowest BCUT2D eigenvalue weighted by Gasteiger charge is -2.33. The number of anilines is 1. The number of alkyl halides is 3. The Bertz CT molecular complexity index is 856. The second-order valence-corrected chi connectivity index (χ2v) is 7.47. The standard InChI is InChI=1S/C21H22F3N3O/c22-21(23,24)17-6-7-19(25-13-17)27-10-8-18(9-11-27)26-20(28)16-5-4-14-2-1-3-15(14)12-16/h4-7,12-13,18H,1-3,8-11H2,(H,26,28). The van der Waals surface area contributed by atoms with Crippen molar-refractivity contribution in [3.63, 3.8) is 0 Å². The van der Waals surface area contributed by atoms with E-state index in [4.69, 9.17) is 0 Å². The summed E-state index contributed by atoms with van der Waals surface area (Å²) in [4.78, 5) is 18.5. The SMILES string of the molecule is O=C(NC1CCN(c2ccc(C(F)(F)F)cn2)CC1)c1ccc2c(c1)CCC2. The lowest BCUT2D eigenvalue weighted by atomic mass is 10.0. The van der Waals surface area contributed by atoms with Gasteiger partial charge in [0.2, 0.25) is 0 Å². The third kappa shape index (κ3) is 3.98. The molecule has 2 aromatic rings. The van der Waals surface area contributed by atoms with Gasteiger partial charge in [0.15, 0.2) is 0 Å². The maximum Gasteiger partial charge on any atom is 0.417 e. The number of fused-ring (bicyclic) bond motifs is 1. The third-order valence-electron chi connectivity index (χ3n) is 5.59. The van der Waals surface area contributed by atoms with E-state index in [-0.39, 0.29) is 11.9 Å². The van der Waals surface area contributed by atoms with Crippen molar-refractivity contribution in [2.24, 2.45) is 0 Å². The van der Waals surface area contributed by atoms with Crippen LogP contribution in [0.15, 0.2) is 36.5 Å². The highest BCUT2D eigenvalue weighted by atomic mass is 19.4. The first-order valence-corrected chi connectivity index (χ1v) is 9.61. The number of rotatable bonds is 3. The normalized spacial score (nSPS) is 17.5. The Labute approximate surface area is 161 Å². The molecule has 0 spiro atoms. The molecule has 1 aliphatic carbocycles. The van der Waals surface area contributed by atoms with Gasteiger partial charge in [0, 0.05) is 30.9 Å². The number of pyridine rings is 1. The van der Waals surface area contributed by atoms with Crippen LogP contribution in [0.5, 0.6) is 0 Å². The van der Waals surface area contributed by atoms with Crippen molar-refractivity contribution in [3.8, 4) is 0 Å². The zero-order valence-electron chi connectivity index (χ0n) is 15.4. The van der Waals surface area contributed by atoms with E-state index < -0.39 is 11.7 Å². The Hall–Kier alpha value is -2.57. The van der Waals surface area contributed by atoms with Crippen LogP contribution in [0.1, 0.15) is 46.3 Å². The fourth-order valence-corrected chi connectivity index (χ4v) is 3.98. The molecular formula is C21H22F3N3O. The fourth-order valence-electron chi connectivity index (χ4n) is 3.98. The molecule has 4 nitrogen and oxygen atoms in total. The fraction of sp³-hybridized carbons (Fsp3) is 0.429. The molecule has 4 rings (SSSR count). The number of hydrogen-bond donors (Lipinski definition) is 1. The summed E-state index contributed by atoms with van der Waals surface area (Å²) < 4.78 is 38.0. The second kappa shape index (κ2) is 7.45. The molecule has 1 aromatic carbocycles. The Kier molecular flexibility index (Phi) is 5.00. The molecule has 28 heavy (non-hydrogen) atoms. The van der Waals surface area contributed by atoms with Crippen molar-refractivity contribution in [3.05, 3.63) is 58.8 Å². The number of amides is 1. The molecule has 2 aliphatic rings. The molecule has 0 radical (unpaired) electrons. The number of piperidine rings is 1. The van der Waals surface area contributed by atoms with E-state index in [1.54, 1.807) is 0 Å². The predicted octanol–water partition coefficient (Wildman–Crippen LogP) is 3.99. The summed E-state index contributed by atoms with van der Waals surface area (Å²) >= 11 is 0. The van der Waals surface area contributed by atoms with Crippen molar-refractivity contribution in [1.82, 2.24) is 10.3 Å². The number of carbonyl (C=O) groups is 1. The summed E-state index contributed by atoms with van der Waals surface area (Å²) in [6, 6.07) is 8.47. The first-order chi connectivity index (χ1) is 13.4. The van der Waals surface area contributed by atoms with E-state index >= 15 is 0 Å². The number of aryl methyl sites for hydroxylation is 2. The minimum absolute atomic E-state index is 0.0548. The molecule has 2 heterocycles. The molecular weight excluding hydrogens is 367 g/mol. The van der Waals surface area contributed by atoms with E-state index in [1.807, 2.05) is 17.0 Å². The first-order valence-electron chi connectivity index (χ1n) is 9.61. The molecule has 0 unspecified atom stereocenters. The number of carbonyl (C=O) groups excluding carboxylic acids is 1. The van der Waals surface area contributed by atoms with Crippen LogP contribution < -0.4 is 10.2 Å². The minimum atomic E-state index is -4.37.